The Bertz CT molecular complexity index is 781. The van der Waals surface area contributed by atoms with Crippen molar-refractivity contribution in [2.45, 2.75) is 4.90 Å². The van der Waals surface area contributed by atoms with Crippen LogP contribution in [0.5, 0.6) is 5.75 Å². The Morgan fingerprint density at radius 3 is 2.57 bits per heavy atom. The zero-order valence-corrected chi connectivity index (χ0v) is 14.1. The summed E-state index contributed by atoms with van der Waals surface area (Å²) < 4.78 is 33.0. The van der Waals surface area contributed by atoms with Crippen molar-refractivity contribution in [3.05, 3.63) is 45.9 Å². The number of sulfonamides is 1. The van der Waals surface area contributed by atoms with Gasteiger partial charge in [0.05, 0.1) is 17.8 Å². The van der Waals surface area contributed by atoms with Crippen molar-refractivity contribution >= 4 is 48.9 Å². The second kappa shape index (κ2) is 6.13. The monoisotopic (exact) mass is 390 g/mol. The van der Waals surface area contributed by atoms with Gasteiger partial charge in [-0.2, -0.15) is 0 Å². The standard InChI is InChI=1S/C13H12BrClN2O3S/c1-20-12-5-2-8(16)6-13(12)21(18,19)17-9-3-4-11(15)10(14)7-9/h2-7,17H,16H2,1H3. The van der Waals surface area contributed by atoms with E-state index in [1.165, 1.54) is 19.2 Å². The molecule has 0 spiro atoms. The molecule has 0 amide bonds. The zero-order valence-electron chi connectivity index (χ0n) is 10.9. The van der Waals surface area contributed by atoms with Gasteiger partial charge in [-0.3, -0.25) is 4.72 Å². The zero-order chi connectivity index (χ0) is 15.6. The Labute approximate surface area is 136 Å². The van der Waals surface area contributed by atoms with Gasteiger partial charge < -0.3 is 10.5 Å². The number of anilines is 2. The van der Waals surface area contributed by atoms with Crippen molar-refractivity contribution in [3.63, 3.8) is 0 Å². The van der Waals surface area contributed by atoms with Gasteiger partial charge in [0.2, 0.25) is 0 Å². The molecule has 0 bridgehead atoms. The van der Waals surface area contributed by atoms with E-state index in [0.717, 1.165) is 0 Å². The number of hydrogen-bond donors (Lipinski definition) is 2. The van der Waals surface area contributed by atoms with Gasteiger partial charge in [-0.05, 0) is 52.3 Å². The minimum Gasteiger partial charge on any atom is -0.495 e. The molecule has 0 radical (unpaired) electrons. The number of nitrogens with one attached hydrogen (secondary N) is 1. The van der Waals surface area contributed by atoms with Crippen LogP contribution in [-0.4, -0.2) is 15.5 Å². The van der Waals surface area contributed by atoms with E-state index < -0.39 is 10.0 Å². The first-order chi connectivity index (χ1) is 9.83. The van der Waals surface area contributed by atoms with Gasteiger partial charge in [-0.1, -0.05) is 11.6 Å². The third-order valence-corrected chi connectivity index (χ3v) is 5.27. The predicted molar refractivity (Wildman–Crippen MR) is 87.4 cm³/mol. The lowest BCUT2D eigenvalue weighted by Crippen LogP contribution is -2.14. The molecule has 0 heterocycles. The number of hydrogen-bond acceptors (Lipinski definition) is 4. The summed E-state index contributed by atoms with van der Waals surface area (Å²) >= 11 is 9.11. The smallest absolute Gasteiger partial charge is 0.265 e. The lowest BCUT2D eigenvalue weighted by atomic mass is 10.3. The molecule has 21 heavy (non-hydrogen) atoms. The van der Waals surface area contributed by atoms with E-state index in [-0.39, 0.29) is 10.6 Å². The Balaban J connectivity index is 2.42. The van der Waals surface area contributed by atoms with Crippen LogP contribution in [-0.2, 0) is 10.0 Å². The molecule has 112 valence electrons. The summed E-state index contributed by atoms with van der Waals surface area (Å²) in [5.74, 6) is 0.213. The summed E-state index contributed by atoms with van der Waals surface area (Å²) in [7, 11) is -2.43. The molecule has 3 N–H and O–H groups in total. The van der Waals surface area contributed by atoms with E-state index in [1.807, 2.05) is 0 Å². The van der Waals surface area contributed by atoms with Crippen LogP contribution in [0, 0.1) is 0 Å². The molecular formula is C13H12BrClN2O3S. The Hall–Kier alpha value is -1.44. The Morgan fingerprint density at radius 1 is 1.24 bits per heavy atom. The summed E-state index contributed by atoms with van der Waals surface area (Å²) in [6, 6.07) is 9.12. The molecule has 0 aliphatic heterocycles. The number of rotatable bonds is 4. The fraction of sp³-hybridized carbons (Fsp3) is 0.0769. The third-order valence-electron chi connectivity index (χ3n) is 2.65. The molecule has 0 aliphatic rings. The van der Waals surface area contributed by atoms with Crippen LogP contribution < -0.4 is 15.2 Å². The lowest BCUT2D eigenvalue weighted by molar-refractivity contribution is 0.403. The summed E-state index contributed by atoms with van der Waals surface area (Å²) in [6.07, 6.45) is 0. The van der Waals surface area contributed by atoms with Crippen LogP contribution in [0.2, 0.25) is 5.02 Å². The van der Waals surface area contributed by atoms with Crippen molar-refractivity contribution in [1.82, 2.24) is 0 Å². The topological polar surface area (TPSA) is 81.4 Å². The molecule has 0 atom stereocenters. The largest absolute Gasteiger partial charge is 0.495 e. The second-order valence-corrected chi connectivity index (χ2v) is 7.06. The average Bonchev–Trinajstić information content (AvgIpc) is 2.42. The summed E-state index contributed by atoms with van der Waals surface area (Å²) in [5, 5.41) is 0.486. The fourth-order valence-corrected chi connectivity index (χ4v) is 3.42. The molecule has 5 nitrogen and oxygen atoms in total. The van der Waals surface area contributed by atoms with Crippen LogP contribution in [0.25, 0.3) is 0 Å². The average molecular weight is 392 g/mol. The Morgan fingerprint density at radius 2 is 1.95 bits per heavy atom. The SMILES string of the molecule is COc1ccc(N)cc1S(=O)(=O)Nc1ccc(Cl)c(Br)c1. The molecule has 0 aliphatic carbocycles. The second-order valence-electron chi connectivity index (χ2n) is 4.14. The maximum Gasteiger partial charge on any atom is 0.265 e. The van der Waals surface area contributed by atoms with E-state index in [9.17, 15) is 8.42 Å². The molecule has 8 heteroatoms. The lowest BCUT2D eigenvalue weighted by Gasteiger charge is -2.12. The van der Waals surface area contributed by atoms with Crippen LogP contribution in [0.3, 0.4) is 0 Å². The van der Waals surface area contributed by atoms with Gasteiger partial charge in [-0.25, -0.2) is 8.42 Å². The van der Waals surface area contributed by atoms with Gasteiger partial charge in [0.15, 0.2) is 0 Å². The van der Waals surface area contributed by atoms with Crippen molar-refractivity contribution in [2.75, 3.05) is 17.6 Å². The van der Waals surface area contributed by atoms with Crippen LogP contribution in [0.15, 0.2) is 45.8 Å². The molecule has 0 saturated heterocycles. The maximum atomic E-state index is 12.4. The Kier molecular flexibility index (Phi) is 4.65. The van der Waals surface area contributed by atoms with Gasteiger partial charge in [-0.15, -0.1) is 0 Å². The van der Waals surface area contributed by atoms with E-state index >= 15 is 0 Å². The van der Waals surface area contributed by atoms with Crippen molar-refractivity contribution in [1.29, 1.82) is 0 Å². The molecule has 2 rings (SSSR count). The number of halogens is 2. The van der Waals surface area contributed by atoms with Crippen LogP contribution >= 0.6 is 27.5 Å². The van der Waals surface area contributed by atoms with Crippen molar-refractivity contribution < 1.29 is 13.2 Å². The van der Waals surface area contributed by atoms with Gasteiger partial charge in [0, 0.05) is 10.2 Å². The number of ether oxygens (including phenoxy) is 1. The van der Waals surface area contributed by atoms with E-state index in [2.05, 4.69) is 20.7 Å². The van der Waals surface area contributed by atoms with Gasteiger partial charge in [0.25, 0.3) is 10.0 Å². The van der Waals surface area contributed by atoms with E-state index in [4.69, 9.17) is 22.1 Å². The van der Waals surface area contributed by atoms with Gasteiger partial charge in [0.1, 0.15) is 10.6 Å². The summed E-state index contributed by atoms with van der Waals surface area (Å²) in [6.45, 7) is 0. The normalized spacial score (nSPS) is 11.2. The number of benzene rings is 2. The van der Waals surface area contributed by atoms with Crippen molar-refractivity contribution in [3.8, 4) is 5.75 Å². The molecule has 0 aromatic heterocycles. The van der Waals surface area contributed by atoms with E-state index in [0.29, 0.717) is 20.9 Å². The number of nitrogens with two attached hydrogens (primary N) is 1. The van der Waals surface area contributed by atoms with E-state index in [1.54, 1.807) is 24.3 Å². The predicted octanol–water partition coefficient (Wildman–Crippen LogP) is 3.49. The molecular weight excluding hydrogens is 380 g/mol. The first-order valence-corrected chi connectivity index (χ1v) is 8.40. The molecule has 2 aromatic carbocycles. The highest BCUT2D eigenvalue weighted by molar-refractivity contribution is 9.10. The highest BCUT2D eigenvalue weighted by Crippen LogP contribution is 2.30. The first-order valence-electron chi connectivity index (χ1n) is 5.75. The van der Waals surface area contributed by atoms with Gasteiger partial charge >= 0.3 is 0 Å². The first kappa shape index (κ1) is 15.9. The summed E-state index contributed by atoms with van der Waals surface area (Å²) in [4.78, 5) is -0.0314. The molecule has 0 unspecified atom stereocenters. The highest BCUT2D eigenvalue weighted by atomic mass is 79.9. The molecule has 0 fully saturated rings. The minimum atomic E-state index is -3.83. The fourth-order valence-electron chi connectivity index (χ4n) is 1.67. The quantitative estimate of drug-likeness (QED) is 0.782. The minimum absolute atomic E-state index is 0.0314. The number of nitrogen functional groups attached to an aromatic ring is 1. The third kappa shape index (κ3) is 3.61. The highest BCUT2D eigenvalue weighted by Gasteiger charge is 2.20. The summed E-state index contributed by atoms with van der Waals surface area (Å²) in [5.41, 5.74) is 6.34. The molecule has 2 aromatic rings. The number of methoxy groups -OCH3 is 1. The van der Waals surface area contributed by atoms with Crippen molar-refractivity contribution in [2.24, 2.45) is 0 Å². The van der Waals surface area contributed by atoms with Crippen LogP contribution in [0.1, 0.15) is 0 Å². The van der Waals surface area contributed by atoms with Crippen LogP contribution in [0.4, 0.5) is 11.4 Å². The maximum absolute atomic E-state index is 12.4. The molecule has 0 saturated carbocycles.